The van der Waals surface area contributed by atoms with Crippen LogP contribution in [-0.2, 0) is 0 Å². The molecule has 0 aliphatic carbocycles. The lowest BCUT2D eigenvalue weighted by Gasteiger charge is -1.90. The fourth-order valence-electron chi connectivity index (χ4n) is 0. The smallest absolute Gasteiger partial charge is 0.450 e. The van der Waals surface area contributed by atoms with E-state index < -0.39 is 12.3 Å². The Morgan fingerprint density at radius 3 is 1.67 bits per heavy atom. The van der Waals surface area contributed by atoms with E-state index in [2.05, 4.69) is 0 Å². The molecule has 0 saturated carbocycles. The van der Waals surface area contributed by atoms with Crippen molar-refractivity contribution in [1.82, 2.24) is 0 Å². The van der Waals surface area contributed by atoms with E-state index in [1.165, 1.54) is 6.92 Å². The second kappa shape index (κ2) is 7.19. The highest BCUT2D eigenvalue weighted by atomic mass is 16.6. The summed E-state index contributed by atoms with van der Waals surface area (Å²) in [5.41, 5.74) is 0. The maximum absolute atomic E-state index is 8.56. The van der Waals surface area contributed by atoms with E-state index in [9.17, 15) is 0 Å². The number of carbonyl (C=O) groups is 1. The molecule has 0 unspecified atom stereocenters. The minimum Gasteiger partial charge on any atom is -0.450 e. The van der Waals surface area contributed by atoms with Gasteiger partial charge in [0.2, 0.25) is 0 Å². The first-order valence-electron chi connectivity index (χ1n) is 2.21. The second-order valence-corrected chi connectivity index (χ2v) is 1.31. The van der Waals surface area contributed by atoms with E-state index >= 15 is 0 Å². The molecule has 4 N–H and O–H groups in total. The predicted molar refractivity (Wildman–Crippen MR) is 29.4 cm³/mol. The lowest BCUT2D eigenvalue weighted by molar-refractivity contribution is 0.110. The van der Waals surface area contributed by atoms with Crippen molar-refractivity contribution in [2.45, 2.75) is 13.0 Å². The van der Waals surface area contributed by atoms with Crippen LogP contribution in [0.2, 0.25) is 0 Å². The van der Waals surface area contributed by atoms with Crippen LogP contribution in [0.5, 0.6) is 0 Å². The van der Waals surface area contributed by atoms with Gasteiger partial charge in [-0.05, 0) is 6.92 Å². The SMILES string of the molecule is C[C@H](O)CO.O=C(O)O. The van der Waals surface area contributed by atoms with Crippen LogP contribution >= 0.6 is 0 Å². The van der Waals surface area contributed by atoms with Gasteiger partial charge in [-0.2, -0.15) is 0 Å². The summed E-state index contributed by atoms with van der Waals surface area (Å²) in [5.74, 6) is 0. The summed E-state index contributed by atoms with van der Waals surface area (Å²) in [6.45, 7) is 1.39. The molecule has 1 atom stereocenters. The van der Waals surface area contributed by atoms with E-state index in [0.717, 1.165) is 0 Å². The first-order valence-corrected chi connectivity index (χ1v) is 2.21. The summed E-state index contributed by atoms with van der Waals surface area (Å²) < 4.78 is 0. The van der Waals surface area contributed by atoms with E-state index in [1.807, 2.05) is 0 Å². The van der Waals surface area contributed by atoms with E-state index in [1.54, 1.807) is 0 Å². The zero-order valence-electron chi connectivity index (χ0n) is 4.98. The lowest BCUT2D eigenvalue weighted by atomic mass is 10.5. The number of aliphatic hydroxyl groups is 2. The van der Waals surface area contributed by atoms with Crippen LogP contribution in [0.25, 0.3) is 0 Å². The molecule has 0 spiro atoms. The van der Waals surface area contributed by atoms with Gasteiger partial charge in [0.05, 0.1) is 12.7 Å². The monoisotopic (exact) mass is 138 g/mol. The summed E-state index contributed by atoms with van der Waals surface area (Å²) in [7, 11) is 0. The standard InChI is InChI=1S/C3H8O2.CH2O3/c1-3(5)2-4;2-1(3)4/h3-5H,2H2,1H3;(H2,2,3,4)/t3-;/m0./s1. The Morgan fingerprint density at radius 2 is 1.67 bits per heavy atom. The van der Waals surface area contributed by atoms with Gasteiger partial charge in [-0.15, -0.1) is 0 Å². The van der Waals surface area contributed by atoms with E-state index in [4.69, 9.17) is 25.2 Å². The first-order chi connectivity index (χ1) is 4.00. The molecule has 0 bridgehead atoms. The largest absolute Gasteiger partial charge is 0.503 e. The molecule has 0 aromatic heterocycles. The third kappa shape index (κ3) is 137. The van der Waals surface area contributed by atoms with Crippen LogP contribution in [0, 0.1) is 0 Å². The number of hydrogen-bond donors (Lipinski definition) is 4. The number of carboxylic acid groups (broad SMARTS) is 2. The number of hydrogen-bond acceptors (Lipinski definition) is 3. The van der Waals surface area contributed by atoms with Gasteiger partial charge in [0.25, 0.3) is 0 Å². The van der Waals surface area contributed by atoms with Crippen molar-refractivity contribution in [1.29, 1.82) is 0 Å². The molecule has 0 amide bonds. The van der Waals surface area contributed by atoms with Crippen molar-refractivity contribution in [2.24, 2.45) is 0 Å². The van der Waals surface area contributed by atoms with Crippen molar-refractivity contribution in [3.63, 3.8) is 0 Å². The Balaban J connectivity index is 0. The normalized spacial score (nSPS) is 11.0. The average Bonchev–Trinajstić information content (AvgIpc) is 1.65. The maximum Gasteiger partial charge on any atom is 0.503 e. The maximum atomic E-state index is 8.56. The lowest BCUT2D eigenvalue weighted by Crippen LogP contribution is -2.03. The average molecular weight is 138 g/mol. The van der Waals surface area contributed by atoms with Crippen LogP contribution in [0.4, 0.5) is 4.79 Å². The minimum atomic E-state index is -1.83. The van der Waals surface area contributed by atoms with E-state index in [0.29, 0.717) is 0 Å². The van der Waals surface area contributed by atoms with Gasteiger partial charge in [-0.3, -0.25) is 0 Å². The van der Waals surface area contributed by atoms with Gasteiger partial charge in [-0.25, -0.2) is 4.79 Å². The molecule has 9 heavy (non-hydrogen) atoms. The van der Waals surface area contributed by atoms with Crippen molar-refractivity contribution < 1.29 is 25.2 Å². The van der Waals surface area contributed by atoms with Crippen molar-refractivity contribution >= 4 is 6.16 Å². The van der Waals surface area contributed by atoms with Gasteiger partial charge in [0, 0.05) is 0 Å². The molecular formula is C4H10O5. The van der Waals surface area contributed by atoms with Crippen molar-refractivity contribution in [3.05, 3.63) is 0 Å². The van der Waals surface area contributed by atoms with Crippen LogP contribution < -0.4 is 0 Å². The molecule has 0 aromatic rings. The van der Waals surface area contributed by atoms with Crippen LogP contribution in [0.15, 0.2) is 0 Å². The van der Waals surface area contributed by atoms with Crippen LogP contribution in [0.3, 0.4) is 0 Å². The topological polar surface area (TPSA) is 98.0 Å². The van der Waals surface area contributed by atoms with Gasteiger partial charge in [0.1, 0.15) is 0 Å². The molecular weight excluding hydrogens is 128 g/mol. The number of aliphatic hydroxyl groups excluding tert-OH is 2. The van der Waals surface area contributed by atoms with Crippen LogP contribution in [-0.4, -0.2) is 39.3 Å². The highest BCUT2D eigenvalue weighted by Gasteiger charge is 1.83. The van der Waals surface area contributed by atoms with Crippen LogP contribution in [0.1, 0.15) is 6.92 Å². The third-order valence-corrected chi connectivity index (χ3v) is 0.264. The molecule has 0 fully saturated rings. The van der Waals surface area contributed by atoms with Gasteiger partial charge in [0.15, 0.2) is 0 Å². The molecule has 0 heterocycles. The molecule has 56 valence electrons. The molecule has 0 saturated heterocycles. The summed E-state index contributed by atoms with van der Waals surface area (Å²) in [6.07, 6.45) is -2.39. The molecule has 0 aliphatic heterocycles. The predicted octanol–water partition coefficient (Wildman–Crippen LogP) is -0.418. The first kappa shape index (κ1) is 11.0. The molecule has 0 aromatic carbocycles. The quantitative estimate of drug-likeness (QED) is 0.394. The Labute approximate surface area is 52.2 Å². The second-order valence-electron chi connectivity index (χ2n) is 1.31. The fourth-order valence-corrected chi connectivity index (χ4v) is 0. The third-order valence-electron chi connectivity index (χ3n) is 0.264. The molecule has 0 rings (SSSR count). The molecule has 5 heteroatoms. The molecule has 5 nitrogen and oxygen atoms in total. The summed E-state index contributed by atoms with van der Waals surface area (Å²) >= 11 is 0. The van der Waals surface area contributed by atoms with Crippen molar-refractivity contribution in [3.8, 4) is 0 Å². The highest BCUT2D eigenvalue weighted by molar-refractivity contribution is 5.53. The minimum absolute atomic E-state index is 0.139. The Kier molecular flexibility index (Phi) is 8.83. The zero-order chi connectivity index (χ0) is 7.86. The van der Waals surface area contributed by atoms with E-state index in [-0.39, 0.29) is 6.61 Å². The Bertz CT molecular complexity index is 65.4. The van der Waals surface area contributed by atoms with Gasteiger partial charge >= 0.3 is 6.16 Å². The Hall–Kier alpha value is -0.810. The molecule has 0 aliphatic rings. The van der Waals surface area contributed by atoms with Crippen molar-refractivity contribution in [2.75, 3.05) is 6.61 Å². The van der Waals surface area contributed by atoms with Gasteiger partial charge in [-0.1, -0.05) is 0 Å². The Morgan fingerprint density at radius 1 is 1.56 bits per heavy atom. The highest BCUT2D eigenvalue weighted by Crippen LogP contribution is 1.68. The zero-order valence-corrected chi connectivity index (χ0v) is 4.98. The van der Waals surface area contributed by atoms with Gasteiger partial charge < -0.3 is 20.4 Å². The molecule has 0 radical (unpaired) electrons. The number of rotatable bonds is 1. The summed E-state index contributed by atoms with van der Waals surface area (Å²) in [5, 5.41) is 29.9. The summed E-state index contributed by atoms with van der Waals surface area (Å²) in [4.78, 5) is 8.56. The summed E-state index contributed by atoms with van der Waals surface area (Å²) in [6, 6.07) is 0. The fraction of sp³-hybridized carbons (Fsp3) is 0.750.